The number of nitrogens with one attached hydrogen (secondary N) is 1. The Hall–Kier alpha value is -2.80. The minimum Gasteiger partial charge on any atom is -0.486 e. The number of hydrogen-bond acceptors (Lipinski definition) is 6. The zero-order valence-electron chi connectivity index (χ0n) is 17.8. The predicted octanol–water partition coefficient (Wildman–Crippen LogP) is 2.82. The quantitative estimate of drug-likeness (QED) is 0.797. The molecule has 1 aromatic heterocycles. The molecular weight excluding hydrogens is 394 g/mol. The SMILES string of the molecule is O=C(NCc1ccnc(N2CCOCC2)c1)C1(c2ccc3c(c2)OCCO3)CCCC1. The second kappa shape index (κ2) is 8.75. The van der Waals surface area contributed by atoms with Crippen molar-refractivity contribution in [3.63, 3.8) is 0 Å². The molecule has 0 radical (unpaired) electrons. The first kappa shape index (κ1) is 20.1. The van der Waals surface area contributed by atoms with Gasteiger partial charge in [0.2, 0.25) is 5.91 Å². The summed E-state index contributed by atoms with van der Waals surface area (Å²) < 4.78 is 16.9. The van der Waals surface area contributed by atoms with Gasteiger partial charge in [-0.1, -0.05) is 18.9 Å². The summed E-state index contributed by atoms with van der Waals surface area (Å²) in [7, 11) is 0. The van der Waals surface area contributed by atoms with Gasteiger partial charge >= 0.3 is 0 Å². The minimum absolute atomic E-state index is 0.0893. The number of benzene rings is 1. The maximum Gasteiger partial charge on any atom is 0.230 e. The van der Waals surface area contributed by atoms with E-state index in [0.29, 0.717) is 19.8 Å². The van der Waals surface area contributed by atoms with Gasteiger partial charge < -0.3 is 24.4 Å². The number of aromatic nitrogens is 1. The van der Waals surface area contributed by atoms with Crippen LogP contribution in [0.25, 0.3) is 0 Å². The van der Waals surface area contributed by atoms with Crippen LogP contribution in [-0.4, -0.2) is 50.4 Å². The molecule has 1 aliphatic carbocycles. The van der Waals surface area contributed by atoms with E-state index in [1.165, 1.54) is 0 Å². The minimum atomic E-state index is -0.504. The van der Waals surface area contributed by atoms with Gasteiger partial charge in [0, 0.05) is 25.8 Å². The molecule has 0 atom stereocenters. The van der Waals surface area contributed by atoms with Crippen molar-refractivity contribution in [1.82, 2.24) is 10.3 Å². The highest BCUT2D eigenvalue weighted by Crippen LogP contribution is 2.44. The molecule has 2 aliphatic heterocycles. The molecule has 0 unspecified atom stereocenters. The normalized spacial score (nSPS) is 19.8. The average Bonchev–Trinajstić information content (AvgIpc) is 3.34. The van der Waals surface area contributed by atoms with Gasteiger partial charge in [0.15, 0.2) is 11.5 Å². The molecule has 164 valence electrons. The number of hydrogen-bond donors (Lipinski definition) is 1. The molecule has 3 heterocycles. The molecule has 1 saturated carbocycles. The molecule has 2 fully saturated rings. The Morgan fingerprint density at radius 2 is 1.77 bits per heavy atom. The summed E-state index contributed by atoms with van der Waals surface area (Å²) in [4.78, 5) is 20.2. The summed E-state index contributed by atoms with van der Waals surface area (Å²) in [5, 5.41) is 3.21. The largest absolute Gasteiger partial charge is 0.486 e. The fourth-order valence-corrected chi connectivity index (χ4v) is 4.85. The second-order valence-corrected chi connectivity index (χ2v) is 8.45. The van der Waals surface area contributed by atoms with Crippen LogP contribution in [0.15, 0.2) is 36.5 Å². The number of amides is 1. The van der Waals surface area contributed by atoms with Gasteiger partial charge in [0.25, 0.3) is 0 Å². The molecule has 7 nitrogen and oxygen atoms in total. The van der Waals surface area contributed by atoms with E-state index in [1.54, 1.807) is 0 Å². The van der Waals surface area contributed by atoms with Crippen LogP contribution in [0.3, 0.4) is 0 Å². The van der Waals surface area contributed by atoms with E-state index in [4.69, 9.17) is 14.2 Å². The first-order chi connectivity index (χ1) is 15.2. The van der Waals surface area contributed by atoms with Crippen molar-refractivity contribution < 1.29 is 19.0 Å². The Morgan fingerprint density at radius 1 is 1.00 bits per heavy atom. The number of anilines is 1. The van der Waals surface area contributed by atoms with Crippen molar-refractivity contribution in [3.05, 3.63) is 47.7 Å². The van der Waals surface area contributed by atoms with Crippen LogP contribution in [0.1, 0.15) is 36.8 Å². The lowest BCUT2D eigenvalue weighted by atomic mass is 9.77. The molecule has 1 amide bonds. The first-order valence-electron chi connectivity index (χ1n) is 11.2. The van der Waals surface area contributed by atoms with Crippen molar-refractivity contribution in [2.45, 2.75) is 37.6 Å². The highest BCUT2D eigenvalue weighted by Gasteiger charge is 2.43. The third kappa shape index (κ3) is 4.06. The molecule has 31 heavy (non-hydrogen) atoms. The van der Waals surface area contributed by atoms with Crippen LogP contribution < -0.4 is 19.7 Å². The lowest BCUT2D eigenvalue weighted by molar-refractivity contribution is -0.126. The van der Waals surface area contributed by atoms with Crippen LogP contribution in [0, 0.1) is 0 Å². The van der Waals surface area contributed by atoms with Gasteiger partial charge in [0.05, 0.1) is 18.6 Å². The third-order valence-electron chi connectivity index (χ3n) is 6.58. The number of carbonyl (C=O) groups is 1. The van der Waals surface area contributed by atoms with Gasteiger partial charge in [-0.25, -0.2) is 4.98 Å². The van der Waals surface area contributed by atoms with E-state index >= 15 is 0 Å². The number of carbonyl (C=O) groups excluding carboxylic acids is 1. The molecule has 5 rings (SSSR count). The fraction of sp³-hybridized carbons (Fsp3) is 0.500. The maximum absolute atomic E-state index is 13.5. The van der Waals surface area contributed by atoms with Crippen molar-refractivity contribution in [2.75, 3.05) is 44.4 Å². The highest BCUT2D eigenvalue weighted by molar-refractivity contribution is 5.88. The Labute approximate surface area is 182 Å². The smallest absolute Gasteiger partial charge is 0.230 e. The lowest BCUT2D eigenvalue weighted by Crippen LogP contribution is -2.42. The van der Waals surface area contributed by atoms with E-state index in [2.05, 4.69) is 21.3 Å². The zero-order valence-corrected chi connectivity index (χ0v) is 17.8. The summed E-state index contributed by atoms with van der Waals surface area (Å²) in [6.45, 7) is 4.73. The van der Waals surface area contributed by atoms with Gasteiger partial charge in [-0.3, -0.25) is 4.79 Å². The first-order valence-corrected chi connectivity index (χ1v) is 11.2. The van der Waals surface area contributed by atoms with Crippen LogP contribution in [0.4, 0.5) is 5.82 Å². The number of morpholine rings is 1. The van der Waals surface area contributed by atoms with Crippen LogP contribution in [-0.2, 0) is 21.5 Å². The second-order valence-electron chi connectivity index (χ2n) is 8.45. The van der Waals surface area contributed by atoms with E-state index in [-0.39, 0.29) is 5.91 Å². The number of fused-ring (bicyclic) bond motifs is 1. The standard InChI is InChI=1S/C24H29N3O4/c28-23(26-17-18-5-8-25-22(15-18)27-9-11-29-12-10-27)24(6-1-2-7-24)19-3-4-20-21(16-19)31-14-13-30-20/h3-5,8,15-16H,1-2,6-7,9-14,17H2,(H,26,28). The van der Waals surface area contributed by atoms with Crippen molar-refractivity contribution in [2.24, 2.45) is 0 Å². The molecule has 2 aromatic rings. The van der Waals surface area contributed by atoms with E-state index in [9.17, 15) is 4.79 Å². The van der Waals surface area contributed by atoms with E-state index < -0.39 is 5.41 Å². The average molecular weight is 424 g/mol. The van der Waals surface area contributed by atoms with Crippen LogP contribution in [0.2, 0.25) is 0 Å². The van der Waals surface area contributed by atoms with Gasteiger partial charge in [-0.05, 0) is 48.2 Å². The van der Waals surface area contributed by atoms with Crippen LogP contribution in [0.5, 0.6) is 11.5 Å². The van der Waals surface area contributed by atoms with Crippen molar-refractivity contribution >= 4 is 11.7 Å². The van der Waals surface area contributed by atoms with Gasteiger partial charge in [0.1, 0.15) is 19.0 Å². The molecule has 0 spiro atoms. The molecular formula is C24H29N3O4. The van der Waals surface area contributed by atoms with Crippen LogP contribution >= 0.6 is 0 Å². The Morgan fingerprint density at radius 3 is 2.58 bits per heavy atom. The van der Waals surface area contributed by atoms with E-state index in [0.717, 1.165) is 80.4 Å². The van der Waals surface area contributed by atoms with E-state index in [1.807, 2.05) is 30.5 Å². The van der Waals surface area contributed by atoms with Crippen molar-refractivity contribution in [1.29, 1.82) is 0 Å². The highest BCUT2D eigenvalue weighted by atomic mass is 16.6. The third-order valence-corrected chi connectivity index (χ3v) is 6.58. The maximum atomic E-state index is 13.5. The predicted molar refractivity (Wildman–Crippen MR) is 117 cm³/mol. The Bertz CT molecular complexity index is 936. The molecule has 1 N–H and O–H groups in total. The number of nitrogens with zero attached hydrogens (tertiary/aromatic N) is 2. The number of ether oxygens (including phenoxy) is 3. The monoisotopic (exact) mass is 423 g/mol. The topological polar surface area (TPSA) is 72.9 Å². The summed E-state index contributed by atoms with van der Waals surface area (Å²) in [6, 6.07) is 10.0. The lowest BCUT2D eigenvalue weighted by Gasteiger charge is -2.30. The summed E-state index contributed by atoms with van der Waals surface area (Å²) in [6.07, 6.45) is 5.64. The molecule has 7 heteroatoms. The molecule has 1 aromatic carbocycles. The zero-order chi connectivity index (χ0) is 21.1. The molecule has 0 bridgehead atoms. The summed E-state index contributed by atoms with van der Waals surface area (Å²) in [5.74, 6) is 2.53. The number of rotatable bonds is 5. The molecule has 1 saturated heterocycles. The van der Waals surface area contributed by atoms with Crippen molar-refractivity contribution in [3.8, 4) is 11.5 Å². The summed E-state index contributed by atoms with van der Waals surface area (Å²) >= 11 is 0. The van der Waals surface area contributed by atoms with Gasteiger partial charge in [-0.15, -0.1) is 0 Å². The Kier molecular flexibility index (Phi) is 5.68. The summed E-state index contributed by atoms with van der Waals surface area (Å²) in [5.41, 5.74) is 1.58. The fourth-order valence-electron chi connectivity index (χ4n) is 4.85. The number of pyridine rings is 1. The molecule has 3 aliphatic rings. The van der Waals surface area contributed by atoms with Gasteiger partial charge in [-0.2, -0.15) is 0 Å². The Balaban J connectivity index is 1.31.